The minimum atomic E-state index is -0.0564. The Bertz CT molecular complexity index is 1260. The molecule has 3 aromatic rings. The van der Waals surface area contributed by atoms with Crippen LogP contribution >= 0.6 is 0 Å². The number of rotatable bonds is 8. The molecule has 1 atom stereocenters. The smallest absolute Gasteiger partial charge is 0.317 e. The molecule has 12 heteroatoms. The lowest BCUT2D eigenvalue weighted by Gasteiger charge is -2.40. The molecular formula is C26H38N10O2. The fourth-order valence-electron chi connectivity index (χ4n) is 5.09. The molecule has 0 bridgehead atoms. The van der Waals surface area contributed by atoms with E-state index in [2.05, 4.69) is 51.3 Å². The van der Waals surface area contributed by atoms with Crippen molar-refractivity contribution in [3.8, 4) is 0 Å². The van der Waals surface area contributed by atoms with Crippen LogP contribution in [0.3, 0.4) is 0 Å². The fourth-order valence-corrected chi connectivity index (χ4v) is 5.09. The average molecular weight is 523 g/mol. The molecule has 0 unspecified atom stereocenters. The molecule has 204 valence electrons. The first-order valence-electron chi connectivity index (χ1n) is 13.5. The first-order valence-corrected chi connectivity index (χ1v) is 13.5. The zero-order valence-corrected chi connectivity index (χ0v) is 22.7. The molecule has 2 aliphatic heterocycles. The van der Waals surface area contributed by atoms with Crippen LogP contribution in [-0.4, -0.2) is 94.7 Å². The summed E-state index contributed by atoms with van der Waals surface area (Å²) in [6.45, 7) is 11.2. The van der Waals surface area contributed by atoms with Gasteiger partial charge in [0.25, 0.3) is 0 Å². The zero-order chi connectivity index (χ0) is 26.6. The van der Waals surface area contributed by atoms with Gasteiger partial charge in [-0.1, -0.05) is 0 Å². The van der Waals surface area contributed by atoms with Crippen LogP contribution in [0.25, 0.3) is 10.9 Å². The standard InChI is InChI=1S/C26H38N10O2/c1-18(2)36-21-13-22(28-15-20(21)16-29-36)30-23-14-24(32-25(31-23)33-8-5-6-9-33)34-10-11-35(19(3)17-34)26(37)27-7-12-38-4/h13-16,18-19H,5-12,17H2,1-4H3,(H,27,37)(H,28,30,31,32)/t19-/m0/s1. The minimum absolute atomic E-state index is 0.0355. The number of hydrogen-bond donors (Lipinski definition) is 2. The molecule has 2 saturated heterocycles. The maximum atomic E-state index is 12.6. The topological polar surface area (TPSA) is 117 Å². The third-order valence-electron chi connectivity index (χ3n) is 7.11. The van der Waals surface area contributed by atoms with Crippen molar-refractivity contribution in [2.24, 2.45) is 0 Å². The second-order valence-electron chi connectivity index (χ2n) is 10.3. The number of ether oxygens (including phenoxy) is 1. The molecule has 0 radical (unpaired) electrons. The molecule has 3 aromatic heterocycles. The number of hydrogen-bond acceptors (Lipinski definition) is 9. The predicted octanol–water partition coefficient (Wildman–Crippen LogP) is 3.01. The number of nitrogens with zero attached hydrogens (tertiary/aromatic N) is 8. The van der Waals surface area contributed by atoms with Crippen LogP contribution in [0.2, 0.25) is 0 Å². The van der Waals surface area contributed by atoms with Crippen molar-refractivity contribution in [3.05, 3.63) is 24.5 Å². The van der Waals surface area contributed by atoms with Crippen molar-refractivity contribution in [2.75, 3.05) is 68.1 Å². The second kappa shape index (κ2) is 11.4. The Hall–Kier alpha value is -3.67. The summed E-state index contributed by atoms with van der Waals surface area (Å²) in [6, 6.07) is 4.22. The Morgan fingerprint density at radius 2 is 1.89 bits per heavy atom. The van der Waals surface area contributed by atoms with Crippen LogP contribution in [0.5, 0.6) is 0 Å². The summed E-state index contributed by atoms with van der Waals surface area (Å²) in [7, 11) is 1.63. The summed E-state index contributed by atoms with van der Waals surface area (Å²) >= 11 is 0. The van der Waals surface area contributed by atoms with Gasteiger partial charge in [-0.25, -0.2) is 9.78 Å². The van der Waals surface area contributed by atoms with Crippen molar-refractivity contribution < 1.29 is 9.53 Å². The van der Waals surface area contributed by atoms with Crippen molar-refractivity contribution in [1.82, 2.24) is 34.9 Å². The van der Waals surface area contributed by atoms with Gasteiger partial charge in [0.2, 0.25) is 5.95 Å². The molecule has 2 fully saturated rings. The fraction of sp³-hybridized carbons (Fsp3) is 0.577. The van der Waals surface area contributed by atoms with E-state index in [0.29, 0.717) is 44.4 Å². The maximum Gasteiger partial charge on any atom is 0.317 e. The zero-order valence-electron chi connectivity index (χ0n) is 22.7. The Labute approximate surface area is 223 Å². The van der Waals surface area contributed by atoms with Gasteiger partial charge in [-0.3, -0.25) is 4.68 Å². The maximum absolute atomic E-state index is 12.6. The Balaban J connectivity index is 1.37. The van der Waals surface area contributed by atoms with E-state index in [4.69, 9.17) is 14.7 Å². The van der Waals surface area contributed by atoms with Gasteiger partial charge in [-0.15, -0.1) is 0 Å². The van der Waals surface area contributed by atoms with Gasteiger partial charge in [0, 0.05) is 82.2 Å². The number of piperazine rings is 1. The van der Waals surface area contributed by atoms with Crippen molar-refractivity contribution in [2.45, 2.75) is 45.7 Å². The largest absolute Gasteiger partial charge is 0.383 e. The number of aromatic nitrogens is 5. The second-order valence-corrected chi connectivity index (χ2v) is 10.3. The molecule has 38 heavy (non-hydrogen) atoms. The highest BCUT2D eigenvalue weighted by molar-refractivity contribution is 5.81. The highest BCUT2D eigenvalue weighted by atomic mass is 16.5. The molecule has 0 spiro atoms. The number of fused-ring (bicyclic) bond motifs is 1. The normalized spacial score (nSPS) is 18.0. The van der Waals surface area contributed by atoms with Gasteiger partial charge in [0.15, 0.2) is 0 Å². The first kappa shape index (κ1) is 26.0. The summed E-state index contributed by atoms with van der Waals surface area (Å²) in [6.07, 6.45) is 5.97. The number of carbonyl (C=O) groups excluding carboxylic acids is 1. The molecule has 2 aliphatic rings. The average Bonchev–Trinajstić information content (AvgIpc) is 3.59. The molecular weight excluding hydrogens is 484 g/mol. The van der Waals surface area contributed by atoms with E-state index in [-0.39, 0.29) is 18.1 Å². The lowest BCUT2D eigenvalue weighted by Crippen LogP contribution is -2.57. The van der Waals surface area contributed by atoms with E-state index in [1.54, 1.807) is 7.11 Å². The summed E-state index contributed by atoms with van der Waals surface area (Å²) in [5, 5.41) is 11.9. The number of anilines is 4. The van der Waals surface area contributed by atoms with Gasteiger partial charge < -0.3 is 30.1 Å². The molecule has 12 nitrogen and oxygen atoms in total. The Kier molecular flexibility index (Phi) is 7.77. The highest BCUT2D eigenvalue weighted by Crippen LogP contribution is 2.27. The van der Waals surface area contributed by atoms with Crippen LogP contribution in [0, 0.1) is 0 Å². The quantitative estimate of drug-likeness (QED) is 0.431. The van der Waals surface area contributed by atoms with Gasteiger partial charge in [0.05, 0.1) is 18.3 Å². The number of nitrogens with one attached hydrogen (secondary N) is 2. The van der Waals surface area contributed by atoms with E-state index >= 15 is 0 Å². The number of pyridine rings is 1. The van der Waals surface area contributed by atoms with Gasteiger partial charge >= 0.3 is 6.03 Å². The number of methoxy groups -OCH3 is 1. The van der Waals surface area contributed by atoms with E-state index in [9.17, 15) is 4.79 Å². The summed E-state index contributed by atoms with van der Waals surface area (Å²) in [4.78, 5) is 33.4. The first-order chi connectivity index (χ1) is 18.4. The Morgan fingerprint density at radius 3 is 2.63 bits per heavy atom. The number of carbonyl (C=O) groups is 1. The predicted molar refractivity (Wildman–Crippen MR) is 148 cm³/mol. The van der Waals surface area contributed by atoms with Crippen LogP contribution < -0.4 is 20.4 Å². The summed E-state index contributed by atoms with van der Waals surface area (Å²) in [5.41, 5.74) is 1.03. The van der Waals surface area contributed by atoms with Crippen molar-refractivity contribution in [3.63, 3.8) is 0 Å². The van der Waals surface area contributed by atoms with Gasteiger partial charge in [-0.2, -0.15) is 15.1 Å². The molecule has 5 rings (SSSR count). The third-order valence-corrected chi connectivity index (χ3v) is 7.11. The van der Waals surface area contributed by atoms with Crippen LogP contribution in [0.15, 0.2) is 24.5 Å². The molecule has 0 aliphatic carbocycles. The SMILES string of the molecule is COCCNC(=O)N1CCN(c2cc(Nc3cc4c(cn3)cnn4C(C)C)nc(N3CCCC3)n2)C[C@@H]1C. The van der Waals surface area contributed by atoms with Crippen LogP contribution in [0.1, 0.15) is 39.7 Å². The summed E-state index contributed by atoms with van der Waals surface area (Å²) in [5.74, 6) is 2.99. The number of urea groups is 1. The minimum Gasteiger partial charge on any atom is -0.383 e. The molecule has 5 heterocycles. The van der Waals surface area contributed by atoms with E-state index < -0.39 is 0 Å². The van der Waals surface area contributed by atoms with Crippen LogP contribution in [0.4, 0.5) is 28.2 Å². The van der Waals surface area contributed by atoms with Crippen molar-refractivity contribution in [1.29, 1.82) is 0 Å². The van der Waals surface area contributed by atoms with E-state index in [0.717, 1.165) is 48.6 Å². The molecule has 0 saturated carbocycles. The number of amides is 2. The molecule has 0 aromatic carbocycles. The Morgan fingerprint density at radius 1 is 1.08 bits per heavy atom. The van der Waals surface area contributed by atoms with E-state index in [1.807, 2.05) is 34.1 Å². The monoisotopic (exact) mass is 522 g/mol. The third kappa shape index (κ3) is 5.59. The van der Waals surface area contributed by atoms with Crippen LogP contribution in [-0.2, 0) is 4.74 Å². The van der Waals surface area contributed by atoms with Gasteiger partial charge in [0.1, 0.15) is 17.5 Å². The lowest BCUT2D eigenvalue weighted by atomic mass is 10.2. The lowest BCUT2D eigenvalue weighted by molar-refractivity contribution is 0.161. The molecule has 2 N–H and O–H groups in total. The highest BCUT2D eigenvalue weighted by Gasteiger charge is 2.29. The summed E-state index contributed by atoms with van der Waals surface area (Å²) < 4.78 is 7.04. The van der Waals surface area contributed by atoms with Crippen molar-refractivity contribution >= 4 is 40.3 Å². The molecule has 2 amide bonds. The van der Waals surface area contributed by atoms with E-state index in [1.165, 1.54) is 0 Å². The van der Waals surface area contributed by atoms with Gasteiger partial charge in [-0.05, 0) is 33.6 Å².